The van der Waals surface area contributed by atoms with E-state index in [0.29, 0.717) is 30.2 Å². The maximum atomic E-state index is 12.7. The van der Waals surface area contributed by atoms with Crippen LogP contribution in [0.4, 0.5) is 0 Å². The van der Waals surface area contributed by atoms with Gasteiger partial charge in [0, 0.05) is 17.0 Å². The molecule has 0 aliphatic rings. The first-order valence-electron chi connectivity index (χ1n) is 7.97. The molecule has 0 radical (unpaired) electrons. The van der Waals surface area contributed by atoms with Crippen molar-refractivity contribution in [3.8, 4) is 5.75 Å². The van der Waals surface area contributed by atoms with Crippen LogP contribution in [0, 0.1) is 0 Å². The van der Waals surface area contributed by atoms with Gasteiger partial charge in [0.15, 0.2) is 0 Å². The largest absolute Gasteiger partial charge is 0.508 e. The highest BCUT2D eigenvalue weighted by molar-refractivity contribution is 8.00. The number of phenolic OH excluding ortho intramolecular Hbond substituents is 1. The quantitative estimate of drug-likeness (QED) is 0.643. The number of thioether (sulfide) groups is 1. The van der Waals surface area contributed by atoms with Gasteiger partial charge < -0.3 is 14.4 Å². The van der Waals surface area contributed by atoms with Crippen molar-refractivity contribution < 1.29 is 14.3 Å². The smallest absolute Gasteiger partial charge is 0.233 e. The molecule has 5 heteroatoms. The Morgan fingerprint density at radius 3 is 2.44 bits per heavy atom. The average Bonchev–Trinajstić information content (AvgIpc) is 3.15. The summed E-state index contributed by atoms with van der Waals surface area (Å²) in [5, 5.41) is 10.0. The second-order valence-corrected chi connectivity index (χ2v) is 6.61. The Morgan fingerprint density at radius 2 is 1.72 bits per heavy atom. The van der Waals surface area contributed by atoms with Gasteiger partial charge in [0.2, 0.25) is 5.91 Å². The number of carbonyl (C=O) groups excluding carboxylic acids is 1. The van der Waals surface area contributed by atoms with E-state index in [4.69, 9.17) is 4.42 Å². The minimum Gasteiger partial charge on any atom is -0.508 e. The molecule has 0 bridgehead atoms. The lowest BCUT2D eigenvalue weighted by Gasteiger charge is -2.22. The summed E-state index contributed by atoms with van der Waals surface area (Å²) in [7, 11) is 0. The number of para-hydroxylation sites is 1. The average molecular weight is 353 g/mol. The molecule has 0 aliphatic carbocycles. The fraction of sp³-hybridized carbons (Fsp3) is 0.150. The summed E-state index contributed by atoms with van der Waals surface area (Å²) in [6, 6.07) is 20.5. The van der Waals surface area contributed by atoms with Crippen molar-refractivity contribution in [1.29, 1.82) is 0 Å². The highest BCUT2D eigenvalue weighted by Gasteiger charge is 2.17. The van der Waals surface area contributed by atoms with E-state index in [9.17, 15) is 9.90 Å². The fourth-order valence-corrected chi connectivity index (χ4v) is 3.25. The Hall–Kier alpha value is -2.66. The summed E-state index contributed by atoms with van der Waals surface area (Å²) in [6.45, 7) is 0.705. The number of phenols is 1. The molecular formula is C20H19NO3S. The molecule has 0 spiro atoms. The molecule has 0 fully saturated rings. The van der Waals surface area contributed by atoms with Crippen molar-refractivity contribution in [1.82, 2.24) is 4.90 Å². The number of nitrogens with zero attached hydrogens (tertiary/aromatic N) is 1. The van der Waals surface area contributed by atoms with E-state index in [1.165, 1.54) is 11.8 Å². The highest BCUT2D eigenvalue weighted by atomic mass is 32.2. The molecule has 25 heavy (non-hydrogen) atoms. The first-order valence-corrected chi connectivity index (χ1v) is 8.96. The van der Waals surface area contributed by atoms with Crippen molar-refractivity contribution in [2.45, 2.75) is 18.0 Å². The monoisotopic (exact) mass is 353 g/mol. The van der Waals surface area contributed by atoms with Crippen molar-refractivity contribution in [2.24, 2.45) is 0 Å². The summed E-state index contributed by atoms with van der Waals surface area (Å²) >= 11 is 1.50. The van der Waals surface area contributed by atoms with Gasteiger partial charge in [0.1, 0.15) is 11.5 Å². The zero-order valence-corrected chi connectivity index (χ0v) is 14.5. The zero-order valence-electron chi connectivity index (χ0n) is 13.7. The lowest BCUT2D eigenvalue weighted by atomic mass is 10.2. The van der Waals surface area contributed by atoms with Crippen LogP contribution in [0.2, 0.25) is 0 Å². The van der Waals surface area contributed by atoms with Crippen LogP contribution in [0.25, 0.3) is 0 Å². The lowest BCUT2D eigenvalue weighted by Crippen LogP contribution is -2.31. The van der Waals surface area contributed by atoms with Gasteiger partial charge in [-0.1, -0.05) is 36.4 Å². The van der Waals surface area contributed by atoms with Gasteiger partial charge in [-0.2, -0.15) is 0 Å². The molecule has 0 unspecified atom stereocenters. The number of aromatic hydroxyl groups is 1. The number of amides is 1. The fourth-order valence-electron chi connectivity index (χ4n) is 2.43. The van der Waals surface area contributed by atoms with Gasteiger partial charge in [-0.05, 0) is 30.3 Å². The van der Waals surface area contributed by atoms with Gasteiger partial charge in [0.05, 0.1) is 18.6 Å². The summed E-state index contributed by atoms with van der Waals surface area (Å²) < 4.78 is 5.38. The van der Waals surface area contributed by atoms with Gasteiger partial charge in [-0.15, -0.1) is 11.8 Å². The zero-order chi connectivity index (χ0) is 17.5. The molecule has 0 aliphatic heterocycles. The van der Waals surface area contributed by atoms with E-state index in [-0.39, 0.29) is 11.7 Å². The normalized spacial score (nSPS) is 10.6. The molecule has 0 atom stereocenters. The van der Waals surface area contributed by atoms with Gasteiger partial charge >= 0.3 is 0 Å². The van der Waals surface area contributed by atoms with Crippen LogP contribution in [0.3, 0.4) is 0 Å². The number of hydrogen-bond acceptors (Lipinski definition) is 4. The van der Waals surface area contributed by atoms with E-state index in [2.05, 4.69) is 0 Å². The standard InChI is InChI=1S/C20H19NO3S/c22-19-11-5-4-7-16(19)13-21(14-17-8-6-12-24-17)20(23)15-25-18-9-2-1-3-10-18/h1-12,22H,13-15H2. The Balaban J connectivity index is 1.71. The molecule has 1 amide bonds. The second-order valence-electron chi connectivity index (χ2n) is 5.56. The number of rotatable bonds is 7. The minimum absolute atomic E-state index is 0.00601. The predicted octanol–water partition coefficient (Wildman–Crippen LogP) is 4.31. The van der Waals surface area contributed by atoms with Gasteiger partial charge in [-0.25, -0.2) is 0 Å². The lowest BCUT2D eigenvalue weighted by molar-refractivity contribution is -0.129. The first-order chi connectivity index (χ1) is 12.2. The van der Waals surface area contributed by atoms with Crippen LogP contribution >= 0.6 is 11.8 Å². The topological polar surface area (TPSA) is 53.7 Å². The van der Waals surface area contributed by atoms with E-state index < -0.39 is 0 Å². The van der Waals surface area contributed by atoms with Crippen LogP contribution in [-0.4, -0.2) is 21.7 Å². The van der Waals surface area contributed by atoms with Crippen molar-refractivity contribution in [3.05, 3.63) is 84.3 Å². The van der Waals surface area contributed by atoms with E-state index in [0.717, 1.165) is 4.90 Å². The molecule has 1 aromatic heterocycles. The van der Waals surface area contributed by atoms with E-state index in [1.54, 1.807) is 29.4 Å². The summed E-state index contributed by atoms with van der Waals surface area (Å²) in [5.74, 6) is 1.23. The van der Waals surface area contributed by atoms with Crippen LogP contribution in [-0.2, 0) is 17.9 Å². The number of hydrogen-bond donors (Lipinski definition) is 1. The van der Waals surface area contributed by atoms with Gasteiger partial charge in [0.25, 0.3) is 0 Å². The molecule has 3 rings (SSSR count). The Morgan fingerprint density at radius 1 is 0.960 bits per heavy atom. The third kappa shape index (κ3) is 4.90. The van der Waals surface area contributed by atoms with Crippen LogP contribution in [0.15, 0.2) is 82.3 Å². The molecule has 1 heterocycles. The molecule has 3 aromatic rings. The van der Waals surface area contributed by atoms with E-state index >= 15 is 0 Å². The van der Waals surface area contributed by atoms with Crippen molar-refractivity contribution >= 4 is 17.7 Å². The molecular weight excluding hydrogens is 334 g/mol. The predicted molar refractivity (Wildman–Crippen MR) is 98.2 cm³/mol. The number of furan rings is 1. The third-order valence-corrected chi connectivity index (χ3v) is 4.73. The summed E-state index contributed by atoms with van der Waals surface area (Å²) in [5.41, 5.74) is 0.715. The number of carbonyl (C=O) groups is 1. The molecule has 2 aromatic carbocycles. The van der Waals surface area contributed by atoms with Crippen LogP contribution in [0.5, 0.6) is 5.75 Å². The highest BCUT2D eigenvalue weighted by Crippen LogP contribution is 2.22. The van der Waals surface area contributed by atoms with Crippen LogP contribution in [0.1, 0.15) is 11.3 Å². The molecule has 1 N–H and O–H groups in total. The molecule has 4 nitrogen and oxygen atoms in total. The number of benzene rings is 2. The summed E-state index contributed by atoms with van der Waals surface area (Å²) in [6.07, 6.45) is 1.59. The Kier molecular flexibility index (Phi) is 5.80. The maximum absolute atomic E-state index is 12.7. The first kappa shape index (κ1) is 17.2. The van der Waals surface area contributed by atoms with Gasteiger partial charge in [-0.3, -0.25) is 4.79 Å². The molecule has 128 valence electrons. The Labute approximate surface area is 151 Å². The second kappa shape index (κ2) is 8.44. The van der Waals surface area contributed by atoms with E-state index in [1.807, 2.05) is 48.5 Å². The third-order valence-electron chi connectivity index (χ3n) is 3.74. The summed E-state index contributed by atoms with van der Waals surface area (Å²) in [4.78, 5) is 15.5. The molecule has 0 saturated carbocycles. The van der Waals surface area contributed by atoms with Crippen molar-refractivity contribution in [2.75, 3.05) is 5.75 Å². The minimum atomic E-state index is -0.00601. The SMILES string of the molecule is O=C(CSc1ccccc1)N(Cc1ccco1)Cc1ccccc1O. The van der Waals surface area contributed by atoms with Crippen molar-refractivity contribution in [3.63, 3.8) is 0 Å². The Bertz CT molecular complexity index is 803. The maximum Gasteiger partial charge on any atom is 0.233 e. The molecule has 0 saturated heterocycles. The van der Waals surface area contributed by atoms with Crippen LogP contribution < -0.4 is 0 Å².